The molecule has 5 nitrogen and oxygen atoms in total. The second-order valence-corrected chi connectivity index (χ2v) is 8.56. The smallest absolute Gasteiger partial charge is 0.341 e. The zero-order chi connectivity index (χ0) is 21.1. The summed E-state index contributed by atoms with van der Waals surface area (Å²) in [6.07, 6.45) is 7.05. The van der Waals surface area contributed by atoms with E-state index in [4.69, 9.17) is 9.15 Å². The fraction of sp³-hybridized carbons (Fsp3) is 0.333. The van der Waals surface area contributed by atoms with Crippen LogP contribution in [0.4, 0.5) is 5.00 Å². The number of benzene rings is 1. The highest BCUT2D eigenvalue weighted by Gasteiger charge is 2.29. The Morgan fingerprint density at radius 3 is 2.90 bits per heavy atom. The first-order valence-electron chi connectivity index (χ1n) is 10.4. The fourth-order valence-electron chi connectivity index (χ4n) is 3.91. The Balaban J connectivity index is 1.56. The molecule has 1 aromatic carbocycles. The average Bonchev–Trinajstić information content (AvgIpc) is 3.32. The first kappa shape index (κ1) is 20.4. The molecule has 0 bridgehead atoms. The molecule has 30 heavy (non-hydrogen) atoms. The van der Waals surface area contributed by atoms with Crippen LogP contribution < -0.4 is 5.32 Å². The van der Waals surface area contributed by atoms with Crippen LogP contribution in [0.15, 0.2) is 40.8 Å². The lowest BCUT2D eigenvalue weighted by molar-refractivity contribution is -0.111. The predicted octanol–water partition coefficient (Wildman–Crippen LogP) is 5.84. The van der Waals surface area contributed by atoms with Crippen molar-refractivity contribution < 1.29 is 18.7 Å². The third-order valence-corrected chi connectivity index (χ3v) is 6.67. The van der Waals surface area contributed by atoms with Gasteiger partial charge in [0.1, 0.15) is 16.3 Å². The number of hydrogen-bond acceptors (Lipinski definition) is 5. The number of ether oxygens (including phenoxy) is 1. The SMILES string of the molecule is CCOC(=O)c1c(NC(=O)/C=C/c2cc3ccccc3o2)sc2c1CCC(CC)C2. The Bertz CT molecular complexity index is 1070. The lowest BCUT2D eigenvalue weighted by Gasteiger charge is -2.20. The Morgan fingerprint density at radius 2 is 2.13 bits per heavy atom. The highest BCUT2D eigenvalue weighted by Crippen LogP contribution is 2.40. The number of furan rings is 1. The molecule has 2 aromatic heterocycles. The molecule has 1 unspecified atom stereocenters. The maximum absolute atomic E-state index is 12.6. The summed E-state index contributed by atoms with van der Waals surface area (Å²) in [5.41, 5.74) is 2.34. The van der Waals surface area contributed by atoms with E-state index in [1.807, 2.05) is 30.3 Å². The van der Waals surface area contributed by atoms with Crippen molar-refractivity contribution in [2.45, 2.75) is 39.5 Å². The van der Waals surface area contributed by atoms with Gasteiger partial charge in [-0.1, -0.05) is 31.5 Å². The van der Waals surface area contributed by atoms with Crippen molar-refractivity contribution in [3.63, 3.8) is 0 Å². The molecule has 0 radical (unpaired) electrons. The first-order chi connectivity index (χ1) is 14.6. The topological polar surface area (TPSA) is 68.5 Å². The van der Waals surface area contributed by atoms with Crippen LogP contribution in [0.25, 0.3) is 17.0 Å². The molecule has 0 saturated heterocycles. The summed E-state index contributed by atoms with van der Waals surface area (Å²) in [7, 11) is 0. The van der Waals surface area contributed by atoms with Gasteiger partial charge in [-0.15, -0.1) is 11.3 Å². The minimum atomic E-state index is -0.360. The predicted molar refractivity (Wildman–Crippen MR) is 120 cm³/mol. The largest absolute Gasteiger partial charge is 0.462 e. The zero-order valence-corrected chi connectivity index (χ0v) is 18.0. The first-order valence-corrected chi connectivity index (χ1v) is 11.2. The van der Waals surface area contributed by atoms with Gasteiger partial charge < -0.3 is 14.5 Å². The van der Waals surface area contributed by atoms with E-state index in [-0.39, 0.29) is 11.9 Å². The van der Waals surface area contributed by atoms with Crippen molar-refractivity contribution in [3.05, 3.63) is 58.2 Å². The number of anilines is 1. The summed E-state index contributed by atoms with van der Waals surface area (Å²) >= 11 is 1.50. The van der Waals surface area contributed by atoms with Crippen LogP contribution in [0.3, 0.4) is 0 Å². The second kappa shape index (κ2) is 8.88. The Hall–Kier alpha value is -2.86. The summed E-state index contributed by atoms with van der Waals surface area (Å²) in [4.78, 5) is 26.4. The molecule has 4 rings (SSSR count). The van der Waals surface area contributed by atoms with E-state index >= 15 is 0 Å². The molecular weight excluding hydrogens is 398 g/mol. The maximum atomic E-state index is 12.6. The molecule has 1 atom stereocenters. The molecule has 0 spiro atoms. The van der Waals surface area contributed by atoms with Gasteiger partial charge in [0.05, 0.1) is 12.2 Å². The van der Waals surface area contributed by atoms with Gasteiger partial charge in [0, 0.05) is 16.3 Å². The molecule has 2 heterocycles. The lowest BCUT2D eigenvalue weighted by atomic mass is 9.85. The van der Waals surface area contributed by atoms with Crippen LogP contribution in [0.1, 0.15) is 53.2 Å². The Labute approximate surface area is 179 Å². The molecule has 0 fully saturated rings. The molecule has 1 N–H and O–H groups in total. The molecule has 0 saturated carbocycles. The maximum Gasteiger partial charge on any atom is 0.341 e. The van der Waals surface area contributed by atoms with Crippen LogP contribution in [-0.2, 0) is 22.4 Å². The number of nitrogens with one attached hydrogen (secondary N) is 1. The van der Waals surface area contributed by atoms with Gasteiger partial charge in [0.25, 0.3) is 0 Å². The van der Waals surface area contributed by atoms with E-state index in [0.29, 0.717) is 28.8 Å². The van der Waals surface area contributed by atoms with E-state index in [2.05, 4.69) is 12.2 Å². The van der Waals surface area contributed by atoms with Gasteiger partial charge in [-0.2, -0.15) is 0 Å². The number of carbonyl (C=O) groups is 2. The third-order valence-electron chi connectivity index (χ3n) is 5.50. The average molecular weight is 424 g/mol. The number of thiophene rings is 1. The number of para-hydroxylation sites is 1. The summed E-state index contributed by atoms with van der Waals surface area (Å²) in [5.74, 6) is 0.573. The van der Waals surface area contributed by atoms with Crippen LogP contribution in [0.2, 0.25) is 0 Å². The molecule has 6 heteroatoms. The van der Waals surface area contributed by atoms with Gasteiger partial charge in [-0.05, 0) is 55.9 Å². The molecular formula is C24H25NO4S. The van der Waals surface area contributed by atoms with Gasteiger partial charge >= 0.3 is 5.97 Å². The molecule has 1 aliphatic rings. The van der Waals surface area contributed by atoms with E-state index in [1.165, 1.54) is 22.3 Å². The van der Waals surface area contributed by atoms with Crippen molar-refractivity contribution >= 4 is 45.3 Å². The summed E-state index contributed by atoms with van der Waals surface area (Å²) in [6, 6.07) is 9.58. The lowest BCUT2D eigenvalue weighted by Crippen LogP contribution is -2.16. The van der Waals surface area contributed by atoms with Gasteiger partial charge in [-0.3, -0.25) is 4.79 Å². The van der Waals surface area contributed by atoms with Gasteiger partial charge in [0.15, 0.2) is 0 Å². The molecule has 1 amide bonds. The minimum Gasteiger partial charge on any atom is -0.462 e. The van der Waals surface area contributed by atoms with Crippen molar-refractivity contribution in [1.82, 2.24) is 0 Å². The van der Waals surface area contributed by atoms with Crippen molar-refractivity contribution in [1.29, 1.82) is 0 Å². The number of amides is 1. The normalized spacial score (nSPS) is 16.0. The van der Waals surface area contributed by atoms with Crippen LogP contribution in [-0.4, -0.2) is 18.5 Å². The van der Waals surface area contributed by atoms with E-state index < -0.39 is 0 Å². The third kappa shape index (κ3) is 4.19. The van der Waals surface area contributed by atoms with Crippen LogP contribution >= 0.6 is 11.3 Å². The van der Waals surface area contributed by atoms with E-state index in [0.717, 1.165) is 42.2 Å². The van der Waals surface area contributed by atoms with Crippen molar-refractivity contribution in [3.8, 4) is 0 Å². The second-order valence-electron chi connectivity index (χ2n) is 7.45. The number of carbonyl (C=O) groups excluding carboxylic acids is 2. The fourth-order valence-corrected chi connectivity index (χ4v) is 5.26. The monoisotopic (exact) mass is 423 g/mol. The highest BCUT2D eigenvalue weighted by atomic mass is 32.1. The van der Waals surface area contributed by atoms with E-state index in [1.54, 1.807) is 13.0 Å². The van der Waals surface area contributed by atoms with Gasteiger partial charge in [-0.25, -0.2) is 4.79 Å². The molecule has 156 valence electrons. The van der Waals surface area contributed by atoms with Crippen LogP contribution in [0, 0.1) is 5.92 Å². The molecule has 0 aliphatic heterocycles. The molecule has 3 aromatic rings. The zero-order valence-electron chi connectivity index (χ0n) is 17.2. The molecule has 1 aliphatic carbocycles. The van der Waals surface area contributed by atoms with Crippen molar-refractivity contribution in [2.75, 3.05) is 11.9 Å². The van der Waals surface area contributed by atoms with Crippen LogP contribution in [0.5, 0.6) is 0 Å². The number of rotatable bonds is 6. The Morgan fingerprint density at radius 1 is 1.30 bits per heavy atom. The van der Waals surface area contributed by atoms with E-state index in [9.17, 15) is 9.59 Å². The van der Waals surface area contributed by atoms with Gasteiger partial charge in [0.2, 0.25) is 5.91 Å². The quantitative estimate of drug-likeness (QED) is 0.400. The minimum absolute atomic E-state index is 0.299. The number of hydrogen-bond donors (Lipinski definition) is 1. The van der Waals surface area contributed by atoms with Crippen molar-refractivity contribution in [2.24, 2.45) is 5.92 Å². The Kier molecular flexibility index (Phi) is 6.04. The number of esters is 1. The standard InChI is InChI=1S/C24H25NO4S/c1-3-15-9-11-18-20(13-15)30-23(22(18)24(27)28-4-2)25-21(26)12-10-17-14-16-7-5-6-8-19(16)29-17/h5-8,10,12,14-15H,3-4,9,11,13H2,1-2H3,(H,25,26)/b12-10+. The summed E-state index contributed by atoms with van der Waals surface area (Å²) in [6.45, 7) is 4.29. The summed E-state index contributed by atoms with van der Waals surface area (Å²) in [5, 5.41) is 4.46. The summed E-state index contributed by atoms with van der Waals surface area (Å²) < 4.78 is 11.0. The number of fused-ring (bicyclic) bond motifs is 2. The highest BCUT2D eigenvalue weighted by molar-refractivity contribution is 7.17.